The smallest absolute Gasteiger partial charge is 0.411 e. The van der Waals surface area contributed by atoms with Gasteiger partial charge < -0.3 is 10.1 Å². The summed E-state index contributed by atoms with van der Waals surface area (Å²) in [6.07, 6.45) is -1.16. The molecule has 1 unspecified atom stereocenters. The van der Waals surface area contributed by atoms with Gasteiger partial charge in [0.1, 0.15) is 0 Å². The van der Waals surface area contributed by atoms with Crippen LogP contribution in [0.2, 0.25) is 0 Å². The fourth-order valence-electron chi connectivity index (χ4n) is 2.16. The Morgan fingerprint density at radius 1 is 1.18 bits per heavy atom. The van der Waals surface area contributed by atoms with E-state index >= 15 is 0 Å². The summed E-state index contributed by atoms with van der Waals surface area (Å²) in [5.41, 5.74) is 3.32. The lowest BCUT2D eigenvalue weighted by atomic mass is 10.0. The van der Waals surface area contributed by atoms with Crippen LogP contribution < -0.4 is 5.32 Å². The number of aromatic amines is 1. The van der Waals surface area contributed by atoms with Crippen LogP contribution >= 0.6 is 24.0 Å². The van der Waals surface area contributed by atoms with E-state index in [9.17, 15) is 4.79 Å². The summed E-state index contributed by atoms with van der Waals surface area (Å²) in [7, 11) is 0. The Hall–Kier alpha value is -2.24. The van der Waals surface area contributed by atoms with Gasteiger partial charge in [-0.3, -0.25) is 5.32 Å². The van der Waals surface area contributed by atoms with Gasteiger partial charge in [0, 0.05) is 0 Å². The van der Waals surface area contributed by atoms with Crippen LogP contribution in [0.1, 0.15) is 16.5 Å². The van der Waals surface area contributed by atoms with E-state index in [4.69, 9.17) is 16.7 Å². The van der Waals surface area contributed by atoms with Gasteiger partial charge in [-0.1, -0.05) is 36.4 Å². The van der Waals surface area contributed by atoms with Crippen molar-refractivity contribution in [3.05, 3.63) is 59.7 Å². The molecule has 7 heteroatoms. The number of aromatic nitrogens is 2. The molecule has 0 aliphatic rings. The Morgan fingerprint density at radius 3 is 2.59 bits per heavy atom. The Kier molecular flexibility index (Phi) is 4.90. The SMILES string of the molecule is Cl.O=C(O)Nc1nc2cc(C(Cl)c3ccccc3)ccc2[nH]1. The Morgan fingerprint density at radius 2 is 1.91 bits per heavy atom. The molecule has 2 aromatic carbocycles. The Balaban J connectivity index is 0.00000176. The molecule has 0 aliphatic heterocycles. The van der Waals surface area contributed by atoms with Crippen LogP contribution in [0.3, 0.4) is 0 Å². The molecule has 114 valence electrons. The molecule has 0 fully saturated rings. The Labute approximate surface area is 137 Å². The average Bonchev–Trinajstić information content (AvgIpc) is 2.87. The van der Waals surface area contributed by atoms with Gasteiger partial charge in [0.05, 0.1) is 16.4 Å². The van der Waals surface area contributed by atoms with E-state index in [0.29, 0.717) is 5.52 Å². The number of anilines is 1. The van der Waals surface area contributed by atoms with E-state index in [2.05, 4.69) is 15.3 Å². The summed E-state index contributed by atoms with van der Waals surface area (Å²) in [5, 5.41) is 10.6. The zero-order chi connectivity index (χ0) is 14.8. The minimum Gasteiger partial charge on any atom is -0.465 e. The quantitative estimate of drug-likeness (QED) is 0.619. The topological polar surface area (TPSA) is 78.0 Å². The van der Waals surface area contributed by atoms with Gasteiger partial charge in [0.25, 0.3) is 0 Å². The second-order valence-electron chi connectivity index (χ2n) is 4.57. The van der Waals surface area contributed by atoms with Crippen molar-refractivity contribution < 1.29 is 9.90 Å². The molecule has 3 aromatic rings. The van der Waals surface area contributed by atoms with Gasteiger partial charge in [-0.2, -0.15) is 0 Å². The van der Waals surface area contributed by atoms with Crippen molar-refractivity contribution in [2.45, 2.75) is 5.38 Å². The molecule has 0 saturated carbocycles. The lowest BCUT2D eigenvalue weighted by Gasteiger charge is -2.09. The summed E-state index contributed by atoms with van der Waals surface area (Å²) < 4.78 is 0. The number of benzene rings is 2. The first-order valence-corrected chi connectivity index (χ1v) is 6.76. The number of H-pyrrole nitrogens is 1. The van der Waals surface area contributed by atoms with Crippen LogP contribution in [0, 0.1) is 0 Å². The summed E-state index contributed by atoms with van der Waals surface area (Å²) in [5.74, 6) is 0.195. The molecule has 0 aliphatic carbocycles. The fraction of sp³-hybridized carbons (Fsp3) is 0.0667. The van der Waals surface area contributed by atoms with E-state index in [1.165, 1.54) is 0 Å². The predicted molar refractivity (Wildman–Crippen MR) is 89.1 cm³/mol. The molecule has 3 N–H and O–H groups in total. The molecule has 0 bridgehead atoms. The average molecular weight is 338 g/mol. The third-order valence-corrected chi connectivity index (χ3v) is 3.62. The summed E-state index contributed by atoms with van der Waals surface area (Å²) >= 11 is 6.48. The van der Waals surface area contributed by atoms with Gasteiger partial charge in [-0.25, -0.2) is 9.78 Å². The molecule has 3 rings (SSSR count). The number of imidazole rings is 1. The Bertz CT molecular complexity index is 790. The maximum Gasteiger partial charge on any atom is 0.411 e. The van der Waals surface area contributed by atoms with Crippen LogP contribution in [0.25, 0.3) is 11.0 Å². The molecule has 0 radical (unpaired) electrons. The number of carboxylic acid groups (broad SMARTS) is 1. The lowest BCUT2D eigenvalue weighted by Crippen LogP contribution is -2.08. The first kappa shape index (κ1) is 16.1. The molecular weight excluding hydrogens is 325 g/mol. The highest BCUT2D eigenvalue weighted by atomic mass is 35.5. The maximum atomic E-state index is 10.6. The molecule has 1 amide bonds. The number of fused-ring (bicyclic) bond motifs is 1. The number of hydrogen-bond acceptors (Lipinski definition) is 2. The summed E-state index contributed by atoms with van der Waals surface area (Å²) in [4.78, 5) is 17.7. The number of halogens is 2. The second-order valence-corrected chi connectivity index (χ2v) is 5.00. The summed E-state index contributed by atoms with van der Waals surface area (Å²) in [6.45, 7) is 0. The highest BCUT2D eigenvalue weighted by Crippen LogP contribution is 2.30. The highest BCUT2D eigenvalue weighted by molar-refractivity contribution is 6.22. The van der Waals surface area contributed by atoms with E-state index in [1.807, 2.05) is 48.5 Å². The van der Waals surface area contributed by atoms with E-state index < -0.39 is 6.09 Å². The monoisotopic (exact) mass is 337 g/mol. The van der Waals surface area contributed by atoms with Crippen LogP contribution in [0.5, 0.6) is 0 Å². The fourth-order valence-corrected chi connectivity index (χ4v) is 2.44. The molecule has 1 heterocycles. The van der Waals surface area contributed by atoms with Crippen LogP contribution in [-0.2, 0) is 0 Å². The van der Waals surface area contributed by atoms with E-state index in [-0.39, 0.29) is 23.7 Å². The van der Waals surface area contributed by atoms with Gasteiger partial charge in [-0.15, -0.1) is 24.0 Å². The van der Waals surface area contributed by atoms with Gasteiger partial charge in [0.15, 0.2) is 0 Å². The molecule has 5 nitrogen and oxygen atoms in total. The summed E-state index contributed by atoms with van der Waals surface area (Å²) in [6, 6.07) is 15.3. The van der Waals surface area contributed by atoms with Crippen molar-refractivity contribution in [2.75, 3.05) is 5.32 Å². The minimum absolute atomic E-state index is 0. The van der Waals surface area contributed by atoms with Crippen molar-refractivity contribution in [1.82, 2.24) is 9.97 Å². The standard InChI is InChI=1S/C15H12ClN3O2.ClH/c16-13(9-4-2-1-3-5-9)10-6-7-11-12(8-10)18-14(17-11)19-15(20)21;/h1-8,13H,(H,20,21)(H2,17,18,19);1H. The number of amides is 1. The number of carbonyl (C=O) groups is 1. The van der Waals surface area contributed by atoms with Crippen LogP contribution in [-0.4, -0.2) is 21.2 Å². The van der Waals surface area contributed by atoms with Gasteiger partial charge >= 0.3 is 6.09 Å². The molecule has 0 spiro atoms. The minimum atomic E-state index is -1.16. The number of alkyl halides is 1. The van der Waals surface area contributed by atoms with Crippen LogP contribution in [0.4, 0.5) is 10.7 Å². The van der Waals surface area contributed by atoms with Gasteiger partial charge in [0.2, 0.25) is 5.95 Å². The van der Waals surface area contributed by atoms with Crippen molar-refractivity contribution in [3.8, 4) is 0 Å². The third kappa shape index (κ3) is 3.32. The highest BCUT2D eigenvalue weighted by Gasteiger charge is 2.12. The predicted octanol–water partition coefficient (Wildman–Crippen LogP) is 4.40. The van der Waals surface area contributed by atoms with Crippen molar-refractivity contribution in [3.63, 3.8) is 0 Å². The normalized spacial score (nSPS) is 11.7. The first-order valence-electron chi connectivity index (χ1n) is 6.32. The molecule has 0 saturated heterocycles. The van der Waals surface area contributed by atoms with Crippen molar-refractivity contribution in [1.29, 1.82) is 0 Å². The lowest BCUT2D eigenvalue weighted by molar-refractivity contribution is 0.209. The van der Waals surface area contributed by atoms with Crippen molar-refractivity contribution >= 4 is 47.1 Å². The number of hydrogen-bond donors (Lipinski definition) is 3. The second kappa shape index (κ2) is 6.68. The van der Waals surface area contributed by atoms with Gasteiger partial charge in [-0.05, 0) is 23.3 Å². The van der Waals surface area contributed by atoms with Crippen LogP contribution in [0.15, 0.2) is 48.5 Å². The molecule has 1 atom stereocenters. The zero-order valence-corrected chi connectivity index (χ0v) is 12.9. The third-order valence-electron chi connectivity index (χ3n) is 3.12. The number of rotatable bonds is 3. The number of nitrogens with one attached hydrogen (secondary N) is 2. The van der Waals surface area contributed by atoms with E-state index in [0.717, 1.165) is 16.6 Å². The number of nitrogens with zero attached hydrogens (tertiary/aromatic N) is 1. The largest absolute Gasteiger partial charge is 0.465 e. The zero-order valence-electron chi connectivity index (χ0n) is 11.3. The van der Waals surface area contributed by atoms with E-state index in [1.54, 1.807) is 0 Å². The van der Waals surface area contributed by atoms with Crippen molar-refractivity contribution in [2.24, 2.45) is 0 Å². The molecule has 22 heavy (non-hydrogen) atoms. The molecule has 1 aromatic heterocycles. The first-order chi connectivity index (χ1) is 10.1. The maximum absolute atomic E-state index is 10.6. The molecular formula is C15H13Cl2N3O2.